The highest BCUT2D eigenvalue weighted by Gasteiger charge is 2.08. The van der Waals surface area contributed by atoms with Crippen LogP contribution in [-0.4, -0.2) is 7.11 Å². The van der Waals surface area contributed by atoms with E-state index in [9.17, 15) is 0 Å². The van der Waals surface area contributed by atoms with Gasteiger partial charge in [-0.05, 0) is 55.6 Å². The van der Waals surface area contributed by atoms with E-state index in [4.69, 9.17) is 9.47 Å². The second kappa shape index (κ2) is 7.48. The van der Waals surface area contributed by atoms with Crippen LogP contribution in [0.1, 0.15) is 11.1 Å². The summed E-state index contributed by atoms with van der Waals surface area (Å²) in [6.07, 6.45) is 0. The first-order chi connectivity index (χ1) is 9.65. The molecule has 0 atom stereocenters. The normalized spacial score (nSPS) is 10.4. The molecule has 0 saturated carbocycles. The molecular formula is C15H13Br3O2. The van der Waals surface area contributed by atoms with Crippen LogP contribution in [0.2, 0.25) is 0 Å². The summed E-state index contributed by atoms with van der Waals surface area (Å²) >= 11 is 10.5. The van der Waals surface area contributed by atoms with Crippen LogP contribution in [0, 0.1) is 0 Å². The number of rotatable bonds is 5. The topological polar surface area (TPSA) is 18.5 Å². The van der Waals surface area contributed by atoms with Gasteiger partial charge in [0.2, 0.25) is 0 Å². The lowest BCUT2D eigenvalue weighted by atomic mass is 10.2. The van der Waals surface area contributed by atoms with Crippen molar-refractivity contribution in [1.82, 2.24) is 0 Å². The van der Waals surface area contributed by atoms with Crippen LogP contribution < -0.4 is 9.47 Å². The van der Waals surface area contributed by atoms with E-state index in [1.165, 1.54) is 0 Å². The third-order valence-electron chi connectivity index (χ3n) is 2.79. The first kappa shape index (κ1) is 15.9. The quantitative estimate of drug-likeness (QED) is 0.529. The average Bonchev–Trinajstić information content (AvgIpc) is 2.46. The van der Waals surface area contributed by atoms with Gasteiger partial charge in [-0.2, -0.15) is 0 Å². The van der Waals surface area contributed by atoms with Crippen molar-refractivity contribution in [3.63, 3.8) is 0 Å². The molecule has 0 unspecified atom stereocenters. The fraction of sp³-hybridized carbons (Fsp3) is 0.200. The molecule has 20 heavy (non-hydrogen) atoms. The van der Waals surface area contributed by atoms with E-state index in [1.807, 2.05) is 36.4 Å². The molecule has 2 rings (SSSR count). The first-order valence-corrected chi connectivity index (χ1v) is 8.65. The molecule has 0 fully saturated rings. The zero-order valence-electron chi connectivity index (χ0n) is 10.8. The maximum absolute atomic E-state index is 5.93. The number of hydrogen-bond donors (Lipinski definition) is 0. The number of ether oxygens (including phenoxy) is 2. The zero-order chi connectivity index (χ0) is 14.5. The van der Waals surface area contributed by atoms with Gasteiger partial charge in [0.25, 0.3) is 0 Å². The summed E-state index contributed by atoms with van der Waals surface area (Å²) in [5.74, 6) is 1.69. The standard InChI is InChI=1S/C15H13Br3O2/c1-19-14-6-5-10(7-13(14)18)9-20-15-11(8-16)3-2-4-12(15)17/h2-7H,8-9H2,1H3. The number of para-hydroxylation sites is 1. The number of hydrogen-bond acceptors (Lipinski definition) is 2. The Labute approximate surface area is 143 Å². The smallest absolute Gasteiger partial charge is 0.138 e. The Balaban J connectivity index is 2.15. The molecule has 0 saturated heterocycles. The van der Waals surface area contributed by atoms with E-state index in [1.54, 1.807) is 7.11 Å². The highest BCUT2D eigenvalue weighted by atomic mass is 79.9. The van der Waals surface area contributed by atoms with Gasteiger partial charge < -0.3 is 9.47 Å². The molecule has 5 heteroatoms. The van der Waals surface area contributed by atoms with Crippen molar-refractivity contribution in [3.8, 4) is 11.5 Å². The van der Waals surface area contributed by atoms with Crippen LogP contribution in [0.15, 0.2) is 45.3 Å². The van der Waals surface area contributed by atoms with Crippen molar-refractivity contribution in [3.05, 3.63) is 56.5 Å². The summed E-state index contributed by atoms with van der Waals surface area (Å²) in [5.41, 5.74) is 2.20. The Hall–Kier alpha value is -0.520. The Kier molecular flexibility index (Phi) is 5.93. The second-order valence-corrected chi connectivity index (χ2v) is 6.39. The summed E-state index contributed by atoms with van der Waals surface area (Å²) in [5, 5.41) is 0.758. The zero-order valence-corrected chi connectivity index (χ0v) is 15.6. The Morgan fingerprint density at radius 2 is 1.85 bits per heavy atom. The largest absolute Gasteiger partial charge is 0.496 e. The third kappa shape index (κ3) is 3.77. The fourth-order valence-corrected chi connectivity index (χ4v) is 3.33. The van der Waals surface area contributed by atoms with Gasteiger partial charge in [-0.15, -0.1) is 0 Å². The van der Waals surface area contributed by atoms with Crippen LogP contribution in [-0.2, 0) is 11.9 Å². The summed E-state index contributed by atoms with van der Waals surface area (Å²) in [6.45, 7) is 0.505. The molecule has 0 heterocycles. The molecule has 2 aromatic carbocycles. The van der Waals surface area contributed by atoms with Crippen molar-refractivity contribution in [2.24, 2.45) is 0 Å². The van der Waals surface area contributed by atoms with Crippen LogP contribution in [0.5, 0.6) is 11.5 Å². The maximum atomic E-state index is 5.93. The molecule has 0 aliphatic carbocycles. The summed E-state index contributed by atoms with van der Waals surface area (Å²) in [6, 6.07) is 11.9. The highest BCUT2D eigenvalue weighted by molar-refractivity contribution is 9.11. The number of benzene rings is 2. The van der Waals surface area contributed by atoms with Gasteiger partial charge in [0.1, 0.15) is 18.1 Å². The minimum atomic E-state index is 0.505. The summed E-state index contributed by atoms with van der Waals surface area (Å²) in [7, 11) is 1.65. The lowest BCUT2D eigenvalue weighted by Crippen LogP contribution is -1.99. The molecule has 2 nitrogen and oxygen atoms in total. The van der Waals surface area contributed by atoms with Crippen molar-refractivity contribution in [2.75, 3.05) is 7.11 Å². The minimum Gasteiger partial charge on any atom is -0.496 e. The molecule has 0 bridgehead atoms. The van der Waals surface area contributed by atoms with Gasteiger partial charge in [0.05, 0.1) is 16.1 Å². The highest BCUT2D eigenvalue weighted by Crippen LogP contribution is 2.32. The predicted molar refractivity (Wildman–Crippen MR) is 91.8 cm³/mol. The first-order valence-electron chi connectivity index (χ1n) is 5.94. The van der Waals surface area contributed by atoms with Gasteiger partial charge >= 0.3 is 0 Å². The van der Waals surface area contributed by atoms with Gasteiger partial charge in [-0.3, -0.25) is 0 Å². The SMILES string of the molecule is COc1ccc(COc2c(Br)cccc2CBr)cc1Br. The molecule has 0 aliphatic rings. The van der Waals surface area contributed by atoms with E-state index in [2.05, 4.69) is 47.8 Å². The second-order valence-electron chi connectivity index (χ2n) is 4.12. The van der Waals surface area contributed by atoms with Crippen molar-refractivity contribution < 1.29 is 9.47 Å². The van der Waals surface area contributed by atoms with Crippen molar-refractivity contribution >= 4 is 47.8 Å². The molecule has 2 aromatic rings. The summed E-state index contributed by atoms with van der Waals surface area (Å²) < 4.78 is 13.0. The van der Waals surface area contributed by atoms with Crippen LogP contribution in [0.4, 0.5) is 0 Å². The van der Waals surface area contributed by atoms with E-state index in [-0.39, 0.29) is 0 Å². The molecule has 0 amide bonds. The van der Waals surface area contributed by atoms with Gasteiger partial charge in [0, 0.05) is 10.9 Å². The molecule has 0 aromatic heterocycles. The van der Waals surface area contributed by atoms with Gasteiger partial charge in [0.15, 0.2) is 0 Å². The van der Waals surface area contributed by atoms with Gasteiger partial charge in [-0.25, -0.2) is 0 Å². The third-order valence-corrected chi connectivity index (χ3v) is 4.64. The monoisotopic (exact) mass is 462 g/mol. The van der Waals surface area contributed by atoms with E-state index >= 15 is 0 Å². The number of alkyl halides is 1. The van der Waals surface area contributed by atoms with E-state index < -0.39 is 0 Å². The lowest BCUT2D eigenvalue weighted by Gasteiger charge is -2.13. The Bertz CT molecular complexity index is 600. The number of halogens is 3. The van der Waals surface area contributed by atoms with Crippen LogP contribution in [0.3, 0.4) is 0 Å². The molecule has 0 aliphatic heterocycles. The fourth-order valence-electron chi connectivity index (χ4n) is 1.78. The van der Waals surface area contributed by atoms with Gasteiger partial charge in [-0.1, -0.05) is 34.1 Å². The van der Waals surface area contributed by atoms with Crippen LogP contribution in [0.25, 0.3) is 0 Å². The summed E-state index contributed by atoms with van der Waals surface area (Å²) in [4.78, 5) is 0. The lowest BCUT2D eigenvalue weighted by molar-refractivity contribution is 0.301. The predicted octanol–water partition coefficient (Wildman–Crippen LogP) is 5.69. The molecular weight excluding hydrogens is 452 g/mol. The Morgan fingerprint density at radius 1 is 1.05 bits per heavy atom. The van der Waals surface area contributed by atoms with Crippen molar-refractivity contribution in [2.45, 2.75) is 11.9 Å². The minimum absolute atomic E-state index is 0.505. The van der Waals surface area contributed by atoms with E-state index in [0.717, 1.165) is 36.9 Å². The molecule has 0 spiro atoms. The van der Waals surface area contributed by atoms with Crippen molar-refractivity contribution in [1.29, 1.82) is 0 Å². The van der Waals surface area contributed by atoms with Crippen LogP contribution >= 0.6 is 47.8 Å². The van der Waals surface area contributed by atoms with E-state index in [0.29, 0.717) is 6.61 Å². The Morgan fingerprint density at radius 3 is 2.50 bits per heavy atom. The maximum Gasteiger partial charge on any atom is 0.138 e. The molecule has 0 N–H and O–H groups in total. The number of methoxy groups -OCH3 is 1. The molecule has 0 radical (unpaired) electrons. The average molecular weight is 465 g/mol. The molecule has 106 valence electrons.